The second-order valence-electron chi connectivity index (χ2n) is 5.82. The molecular formula is C16H22ClNO2. The number of anilines is 1. The van der Waals surface area contributed by atoms with E-state index in [4.69, 9.17) is 11.6 Å². The number of hydrogen-bond donors (Lipinski definition) is 1. The average molecular weight is 296 g/mol. The van der Waals surface area contributed by atoms with Crippen LogP contribution in [0.3, 0.4) is 0 Å². The number of aromatic carboxylic acids is 1. The fourth-order valence-electron chi connectivity index (χ4n) is 3.38. The molecule has 1 fully saturated rings. The van der Waals surface area contributed by atoms with Crippen molar-refractivity contribution in [3.8, 4) is 0 Å². The number of carboxylic acid groups (broad SMARTS) is 1. The molecule has 4 heteroatoms. The van der Waals surface area contributed by atoms with E-state index in [0.717, 1.165) is 18.8 Å². The molecule has 1 saturated heterocycles. The van der Waals surface area contributed by atoms with Gasteiger partial charge < -0.3 is 10.0 Å². The zero-order chi connectivity index (χ0) is 14.8. The van der Waals surface area contributed by atoms with Crippen LogP contribution < -0.4 is 4.90 Å². The molecule has 0 spiro atoms. The summed E-state index contributed by atoms with van der Waals surface area (Å²) >= 11 is 6.02. The van der Waals surface area contributed by atoms with Crippen LogP contribution in [0, 0.1) is 5.41 Å². The smallest absolute Gasteiger partial charge is 0.337 e. The van der Waals surface area contributed by atoms with E-state index in [9.17, 15) is 9.90 Å². The van der Waals surface area contributed by atoms with Crippen LogP contribution in [0.5, 0.6) is 0 Å². The molecule has 1 N–H and O–H groups in total. The summed E-state index contributed by atoms with van der Waals surface area (Å²) in [7, 11) is 0. The van der Waals surface area contributed by atoms with E-state index in [1.807, 2.05) is 0 Å². The van der Waals surface area contributed by atoms with Crippen LogP contribution >= 0.6 is 11.6 Å². The molecule has 0 saturated carbocycles. The highest BCUT2D eigenvalue weighted by Gasteiger charge is 2.42. The molecule has 0 bridgehead atoms. The molecule has 0 radical (unpaired) electrons. The molecule has 1 aliphatic rings. The van der Waals surface area contributed by atoms with Gasteiger partial charge in [0.05, 0.1) is 11.3 Å². The highest BCUT2D eigenvalue weighted by Crippen LogP contribution is 2.43. The monoisotopic (exact) mass is 295 g/mol. The van der Waals surface area contributed by atoms with Crippen LogP contribution in [0.4, 0.5) is 5.69 Å². The van der Waals surface area contributed by atoms with Crippen molar-refractivity contribution in [3.05, 3.63) is 28.8 Å². The van der Waals surface area contributed by atoms with Gasteiger partial charge in [-0.25, -0.2) is 4.79 Å². The third-order valence-corrected chi connectivity index (χ3v) is 4.38. The lowest BCUT2D eigenvalue weighted by Crippen LogP contribution is -2.56. The van der Waals surface area contributed by atoms with Gasteiger partial charge in [0.1, 0.15) is 0 Å². The molecule has 0 aliphatic carbocycles. The quantitative estimate of drug-likeness (QED) is 0.843. The lowest BCUT2D eigenvalue weighted by Gasteiger charge is -2.52. The number of hydrogen-bond acceptors (Lipinski definition) is 2. The largest absolute Gasteiger partial charge is 0.478 e. The minimum absolute atomic E-state index is 0.344. The number of carboxylic acids is 1. The molecular weight excluding hydrogens is 274 g/mol. The lowest BCUT2D eigenvalue weighted by atomic mass is 9.72. The number of rotatable bonds is 6. The van der Waals surface area contributed by atoms with Gasteiger partial charge in [-0.15, -0.1) is 0 Å². The van der Waals surface area contributed by atoms with Crippen LogP contribution in [-0.2, 0) is 0 Å². The van der Waals surface area contributed by atoms with Crippen molar-refractivity contribution in [1.29, 1.82) is 0 Å². The topological polar surface area (TPSA) is 40.5 Å². The Bertz CT molecular complexity index is 487. The third-order valence-electron chi connectivity index (χ3n) is 4.14. The molecule has 1 heterocycles. The molecule has 1 aromatic rings. The van der Waals surface area contributed by atoms with Crippen molar-refractivity contribution < 1.29 is 9.90 Å². The van der Waals surface area contributed by atoms with Gasteiger partial charge in [-0.05, 0) is 31.0 Å². The maximum absolute atomic E-state index is 11.3. The Hall–Kier alpha value is -1.22. The highest BCUT2D eigenvalue weighted by atomic mass is 35.5. The zero-order valence-corrected chi connectivity index (χ0v) is 12.9. The molecule has 110 valence electrons. The Morgan fingerprint density at radius 2 is 1.90 bits per heavy atom. The van der Waals surface area contributed by atoms with Crippen molar-refractivity contribution in [2.24, 2.45) is 5.41 Å². The van der Waals surface area contributed by atoms with Crippen molar-refractivity contribution in [2.75, 3.05) is 18.0 Å². The normalized spacial score (nSPS) is 16.9. The third kappa shape index (κ3) is 2.93. The summed E-state index contributed by atoms with van der Waals surface area (Å²) in [5, 5.41) is 9.88. The summed E-state index contributed by atoms with van der Waals surface area (Å²) in [6, 6.07) is 5.01. The van der Waals surface area contributed by atoms with E-state index in [-0.39, 0.29) is 0 Å². The summed E-state index contributed by atoms with van der Waals surface area (Å²) < 4.78 is 0. The first kappa shape index (κ1) is 15.2. The maximum atomic E-state index is 11.3. The number of nitrogens with zero attached hydrogens (tertiary/aromatic N) is 1. The molecule has 20 heavy (non-hydrogen) atoms. The molecule has 1 aromatic carbocycles. The van der Waals surface area contributed by atoms with E-state index in [1.165, 1.54) is 25.7 Å². The summed E-state index contributed by atoms with van der Waals surface area (Å²) in [5.41, 5.74) is 1.46. The van der Waals surface area contributed by atoms with Crippen molar-refractivity contribution in [3.63, 3.8) is 0 Å². The van der Waals surface area contributed by atoms with Gasteiger partial charge >= 0.3 is 5.97 Å². The molecule has 1 aliphatic heterocycles. The van der Waals surface area contributed by atoms with Gasteiger partial charge in [0.2, 0.25) is 0 Å². The highest BCUT2D eigenvalue weighted by molar-refractivity contribution is 6.31. The first-order chi connectivity index (χ1) is 9.51. The molecule has 0 unspecified atom stereocenters. The van der Waals surface area contributed by atoms with E-state index < -0.39 is 5.97 Å². The Kier molecular flexibility index (Phi) is 4.59. The summed E-state index contributed by atoms with van der Waals surface area (Å²) in [4.78, 5) is 13.5. The Morgan fingerprint density at radius 3 is 2.40 bits per heavy atom. The first-order valence-corrected chi connectivity index (χ1v) is 7.67. The Labute approximate surface area is 125 Å². The van der Waals surface area contributed by atoms with Crippen LogP contribution in [0.15, 0.2) is 18.2 Å². The SMILES string of the molecule is CCCC1(CCC)CN(c2cc(Cl)ccc2C(=O)O)C1. The zero-order valence-electron chi connectivity index (χ0n) is 12.2. The van der Waals surface area contributed by atoms with E-state index in [2.05, 4.69) is 18.7 Å². The summed E-state index contributed by atoms with van der Waals surface area (Å²) in [6.07, 6.45) is 4.77. The van der Waals surface area contributed by atoms with E-state index in [1.54, 1.807) is 18.2 Å². The van der Waals surface area contributed by atoms with Gasteiger partial charge in [-0.2, -0.15) is 0 Å². The molecule has 0 amide bonds. The van der Waals surface area contributed by atoms with Crippen molar-refractivity contribution in [2.45, 2.75) is 39.5 Å². The maximum Gasteiger partial charge on any atom is 0.337 e. The predicted octanol–water partition coefficient (Wildman–Crippen LogP) is 4.44. The van der Waals surface area contributed by atoms with E-state index in [0.29, 0.717) is 16.0 Å². The van der Waals surface area contributed by atoms with Crippen molar-refractivity contribution >= 4 is 23.3 Å². The lowest BCUT2D eigenvalue weighted by molar-refractivity contribution is 0.0696. The predicted molar refractivity (Wildman–Crippen MR) is 82.9 cm³/mol. The molecule has 2 rings (SSSR count). The van der Waals surface area contributed by atoms with Crippen LogP contribution in [0.1, 0.15) is 49.9 Å². The Morgan fingerprint density at radius 1 is 1.30 bits per heavy atom. The molecule has 0 atom stereocenters. The first-order valence-electron chi connectivity index (χ1n) is 7.29. The van der Waals surface area contributed by atoms with Gasteiger partial charge in [-0.1, -0.05) is 38.3 Å². The van der Waals surface area contributed by atoms with Gasteiger partial charge in [0.15, 0.2) is 0 Å². The van der Waals surface area contributed by atoms with Crippen LogP contribution in [0.25, 0.3) is 0 Å². The molecule has 3 nitrogen and oxygen atoms in total. The van der Waals surface area contributed by atoms with Gasteiger partial charge in [0, 0.05) is 23.5 Å². The second-order valence-corrected chi connectivity index (χ2v) is 6.26. The van der Waals surface area contributed by atoms with Crippen molar-refractivity contribution in [1.82, 2.24) is 0 Å². The minimum Gasteiger partial charge on any atom is -0.478 e. The Balaban J connectivity index is 2.19. The number of halogens is 1. The minimum atomic E-state index is -0.889. The second kappa shape index (κ2) is 6.04. The standard InChI is InChI=1S/C16H22ClNO2/c1-3-7-16(8-4-2)10-18(11-16)14-9-12(17)5-6-13(14)15(19)20/h5-6,9H,3-4,7-8,10-11H2,1-2H3,(H,19,20). The number of benzene rings is 1. The van der Waals surface area contributed by atoms with Gasteiger partial charge in [0.25, 0.3) is 0 Å². The summed E-state index contributed by atoms with van der Waals surface area (Å²) in [6.45, 7) is 6.30. The van der Waals surface area contributed by atoms with Gasteiger partial charge in [-0.3, -0.25) is 0 Å². The molecule has 0 aromatic heterocycles. The summed E-state index contributed by atoms with van der Waals surface area (Å²) in [5.74, 6) is -0.889. The number of carbonyl (C=O) groups is 1. The average Bonchev–Trinajstić information content (AvgIpc) is 2.35. The van der Waals surface area contributed by atoms with E-state index >= 15 is 0 Å². The van der Waals surface area contributed by atoms with Crippen LogP contribution in [-0.4, -0.2) is 24.2 Å². The fourth-order valence-corrected chi connectivity index (χ4v) is 3.55. The fraction of sp³-hybridized carbons (Fsp3) is 0.562. The van der Waals surface area contributed by atoms with Crippen LogP contribution in [0.2, 0.25) is 5.02 Å².